The van der Waals surface area contributed by atoms with Crippen LogP contribution in [0.4, 0.5) is 13.2 Å². The number of aliphatic hydroxyl groups excluding tert-OH is 1. The zero-order chi connectivity index (χ0) is 11.6. The topological polar surface area (TPSA) is 66.5 Å². The second kappa shape index (κ2) is 4.08. The van der Waals surface area contributed by atoms with Gasteiger partial charge in [0.15, 0.2) is 0 Å². The molecule has 1 aromatic carbocycles. The van der Waals surface area contributed by atoms with E-state index in [0.29, 0.717) is 6.07 Å². The highest BCUT2D eigenvalue weighted by Gasteiger charge is 2.38. The van der Waals surface area contributed by atoms with Crippen LogP contribution in [0, 0.1) is 5.82 Å². The molecule has 3 nitrogen and oxygen atoms in total. The number of phenolic OH excluding ortho intramolecular Hbond substituents is 1. The normalized spacial score (nSPS) is 13.9. The highest BCUT2D eigenvalue weighted by Crippen LogP contribution is 2.33. The molecule has 6 heteroatoms. The van der Waals surface area contributed by atoms with Crippen molar-refractivity contribution in [2.45, 2.75) is 12.0 Å². The first-order chi connectivity index (χ1) is 6.88. The molecule has 0 heterocycles. The van der Waals surface area contributed by atoms with E-state index in [1.807, 2.05) is 0 Å². The molecule has 0 amide bonds. The van der Waals surface area contributed by atoms with Crippen molar-refractivity contribution >= 4 is 0 Å². The summed E-state index contributed by atoms with van der Waals surface area (Å²) in [5.41, 5.74) is 4.68. The molecule has 0 aromatic heterocycles. The first-order valence-corrected chi connectivity index (χ1v) is 4.11. The Hall–Kier alpha value is -1.27. The molecule has 1 atom stereocenters. The molecule has 4 N–H and O–H groups in total. The van der Waals surface area contributed by atoms with Gasteiger partial charge in [0, 0.05) is 5.56 Å². The van der Waals surface area contributed by atoms with E-state index >= 15 is 0 Å². The van der Waals surface area contributed by atoms with E-state index in [9.17, 15) is 18.3 Å². The lowest BCUT2D eigenvalue weighted by molar-refractivity contribution is -0.0716. The van der Waals surface area contributed by atoms with Gasteiger partial charge in [-0.1, -0.05) is 0 Å². The van der Waals surface area contributed by atoms with Crippen molar-refractivity contribution in [2.24, 2.45) is 5.73 Å². The van der Waals surface area contributed by atoms with Gasteiger partial charge in [-0.3, -0.25) is 0 Å². The van der Waals surface area contributed by atoms with Crippen LogP contribution in [0.15, 0.2) is 18.2 Å². The van der Waals surface area contributed by atoms with Crippen LogP contribution in [0.5, 0.6) is 5.75 Å². The average molecular weight is 221 g/mol. The Morgan fingerprint density at radius 1 is 1.40 bits per heavy atom. The summed E-state index contributed by atoms with van der Waals surface area (Å²) >= 11 is 0. The molecule has 1 aromatic rings. The lowest BCUT2D eigenvalue weighted by Gasteiger charge is -2.22. The van der Waals surface area contributed by atoms with E-state index in [2.05, 4.69) is 0 Å². The number of hydrogen-bond acceptors (Lipinski definition) is 3. The fourth-order valence-corrected chi connectivity index (χ4v) is 1.10. The monoisotopic (exact) mass is 221 g/mol. The minimum Gasteiger partial charge on any atom is -0.508 e. The molecule has 15 heavy (non-hydrogen) atoms. The number of aromatic hydroxyl groups is 1. The van der Waals surface area contributed by atoms with Crippen LogP contribution >= 0.6 is 0 Å². The minimum absolute atomic E-state index is 0.436. The zero-order valence-corrected chi connectivity index (χ0v) is 7.62. The molecule has 0 aliphatic rings. The molecule has 0 unspecified atom stereocenters. The quantitative estimate of drug-likeness (QED) is 0.717. The molecular formula is C9H10F3NO2. The van der Waals surface area contributed by atoms with Gasteiger partial charge in [-0.15, -0.1) is 0 Å². The lowest BCUT2D eigenvalue weighted by atomic mass is 10.0. The van der Waals surface area contributed by atoms with Gasteiger partial charge in [-0.05, 0) is 18.2 Å². The van der Waals surface area contributed by atoms with Crippen LogP contribution in [-0.2, 0) is 0 Å². The van der Waals surface area contributed by atoms with Gasteiger partial charge in [0.05, 0.1) is 0 Å². The van der Waals surface area contributed by atoms with Gasteiger partial charge < -0.3 is 15.9 Å². The maximum atomic E-state index is 12.9. The predicted molar refractivity (Wildman–Crippen MR) is 47.0 cm³/mol. The van der Waals surface area contributed by atoms with Gasteiger partial charge in [0.1, 0.15) is 24.2 Å². The number of aliphatic hydroxyl groups is 1. The fraction of sp³-hybridized carbons (Fsp3) is 0.333. The second-order valence-electron chi connectivity index (χ2n) is 3.10. The number of benzene rings is 1. The fourth-order valence-electron chi connectivity index (χ4n) is 1.10. The smallest absolute Gasteiger partial charge is 0.289 e. The number of phenols is 1. The Morgan fingerprint density at radius 2 is 2.00 bits per heavy atom. The number of nitrogens with two attached hydrogens (primary N) is 1. The Morgan fingerprint density at radius 3 is 2.53 bits per heavy atom. The summed E-state index contributed by atoms with van der Waals surface area (Å²) in [5.74, 6) is -4.92. The summed E-state index contributed by atoms with van der Waals surface area (Å²) in [6.07, 6.45) is 0. The maximum absolute atomic E-state index is 12.9. The summed E-state index contributed by atoms with van der Waals surface area (Å²) in [5, 5.41) is 17.6. The first kappa shape index (κ1) is 11.8. The Bertz CT molecular complexity index is 357. The van der Waals surface area contributed by atoms with Crippen molar-refractivity contribution in [3.8, 4) is 5.75 Å². The maximum Gasteiger partial charge on any atom is 0.289 e. The third-order valence-electron chi connectivity index (χ3n) is 1.99. The second-order valence-corrected chi connectivity index (χ2v) is 3.10. The summed E-state index contributed by atoms with van der Waals surface area (Å²) in [6, 6.07) is 0.614. The number of alkyl halides is 2. The Kier molecular flexibility index (Phi) is 3.21. The van der Waals surface area contributed by atoms with Crippen molar-refractivity contribution < 1.29 is 23.4 Å². The van der Waals surface area contributed by atoms with Crippen LogP contribution < -0.4 is 5.73 Å². The van der Waals surface area contributed by atoms with Gasteiger partial charge in [-0.25, -0.2) is 13.2 Å². The highest BCUT2D eigenvalue weighted by molar-refractivity contribution is 5.36. The molecule has 0 bridgehead atoms. The van der Waals surface area contributed by atoms with Gasteiger partial charge in [0.2, 0.25) is 0 Å². The van der Waals surface area contributed by atoms with Crippen molar-refractivity contribution in [1.29, 1.82) is 0 Å². The van der Waals surface area contributed by atoms with E-state index in [4.69, 9.17) is 10.8 Å². The molecule has 0 saturated heterocycles. The van der Waals surface area contributed by atoms with Gasteiger partial charge >= 0.3 is 0 Å². The summed E-state index contributed by atoms with van der Waals surface area (Å²) in [4.78, 5) is 0. The Balaban J connectivity index is 3.10. The molecule has 84 valence electrons. The first-order valence-electron chi connectivity index (χ1n) is 4.11. The standard InChI is InChI=1S/C9H10F3NO2/c10-5-1-2-7(15)6(3-5)8(13)9(11,12)4-14/h1-3,8,14-15H,4,13H2/t8-/m0/s1. The van der Waals surface area contributed by atoms with Crippen LogP contribution in [-0.4, -0.2) is 22.7 Å². The third-order valence-corrected chi connectivity index (χ3v) is 1.99. The van der Waals surface area contributed by atoms with Gasteiger partial charge in [-0.2, -0.15) is 0 Å². The summed E-state index contributed by atoms with van der Waals surface area (Å²) in [6.45, 7) is -1.47. The van der Waals surface area contributed by atoms with Crippen molar-refractivity contribution in [3.05, 3.63) is 29.6 Å². The van der Waals surface area contributed by atoms with E-state index in [-0.39, 0.29) is 0 Å². The average Bonchev–Trinajstić information content (AvgIpc) is 2.20. The largest absolute Gasteiger partial charge is 0.508 e. The van der Waals surface area contributed by atoms with E-state index < -0.39 is 35.7 Å². The minimum atomic E-state index is -3.61. The van der Waals surface area contributed by atoms with E-state index in [0.717, 1.165) is 12.1 Å². The van der Waals surface area contributed by atoms with Crippen LogP contribution in [0.3, 0.4) is 0 Å². The summed E-state index contributed by atoms with van der Waals surface area (Å²) < 4.78 is 38.6. The SMILES string of the molecule is N[C@@H](c1cc(F)ccc1O)C(F)(F)CO. The van der Waals surface area contributed by atoms with Crippen LogP contribution in [0.25, 0.3) is 0 Å². The molecular weight excluding hydrogens is 211 g/mol. The van der Waals surface area contributed by atoms with Crippen molar-refractivity contribution in [2.75, 3.05) is 6.61 Å². The molecule has 0 fully saturated rings. The molecule has 0 radical (unpaired) electrons. The number of hydrogen-bond donors (Lipinski definition) is 3. The summed E-state index contributed by atoms with van der Waals surface area (Å²) in [7, 11) is 0. The molecule has 0 spiro atoms. The molecule has 1 rings (SSSR count). The van der Waals surface area contributed by atoms with E-state index in [1.165, 1.54) is 0 Å². The third kappa shape index (κ3) is 2.40. The van der Waals surface area contributed by atoms with Crippen molar-refractivity contribution in [1.82, 2.24) is 0 Å². The Labute approximate surface area is 84.0 Å². The highest BCUT2D eigenvalue weighted by atomic mass is 19.3. The van der Waals surface area contributed by atoms with Gasteiger partial charge in [0.25, 0.3) is 5.92 Å². The molecule has 0 aliphatic heterocycles. The predicted octanol–water partition coefficient (Wildman–Crippen LogP) is 1.16. The number of halogens is 3. The van der Waals surface area contributed by atoms with E-state index in [1.54, 1.807) is 0 Å². The molecule has 0 aliphatic carbocycles. The lowest BCUT2D eigenvalue weighted by Crippen LogP contribution is -2.36. The van der Waals surface area contributed by atoms with Crippen LogP contribution in [0.1, 0.15) is 11.6 Å². The van der Waals surface area contributed by atoms with Crippen LogP contribution in [0.2, 0.25) is 0 Å². The number of rotatable bonds is 3. The molecule has 0 saturated carbocycles. The zero-order valence-electron chi connectivity index (χ0n) is 7.62. The van der Waals surface area contributed by atoms with Crippen molar-refractivity contribution in [3.63, 3.8) is 0 Å².